The van der Waals surface area contributed by atoms with Crippen molar-refractivity contribution >= 4 is 11.6 Å². The van der Waals surface area contributed by atoms with Gasteiger partial charge in [-0.2, -0.15) is 0 Å². The molecule has 0 aliphatic heterocycles. The Kier molecular flexibility index (Phi) is 4.14. The predicted octanol–water partition coefficient (Wildman–Crippen LogP) is 3.46. The summed E-state index contributed by atoms with van der Waals surface area (Å²) in [4.78, 5) is 16.0. The second-order valence-corrected chi connectivity index (χ2v) is 4.97. The summed E-state index contributed by atoms with van der Waals surface area (Å²) in [5.74, 6) is -1.54. The number of halogens is 2. The summed E-state index contributed by atoms with van der Waals surface area (Å²) in [7, 11) is 0. The zero-order chi connectivity index (χ0) is 16.2. The van der Waals surface area contributed by atoms with Crippen LogP contribution in [0.3, 0.4) is 0 Å². The summed E-state index contributed by atoms with van der Waals surface area (Å²) >= 11 is 0. The van der Waals surface area contributed by atoms with Gasteiger partial charge < -0.3 is 9.88 Å². The van der Waals surface area contributed by atoms with Crippen molar-refractivity contribution in [3.63, 3.8) is 0 Å². The number of anilines is 1. The summed E-state index contributed by atoms with van der Waals surface area (Å²) in [5.41, 5.74) is 0.929. The Bertz CT molecular complexity index is 811. The molecule has 0 atom stereocenters. The van der Waals surface area contributed by atoms with E-state index >= 15 is 0 Å². The van der Waals surface area contributed by atoms with Crippen molar-refractivity contribution in [3.05, 3.63) is 83.9 Å². The first kappa shape index (κ1) is 14.9. The number of nitrogens with one attached hydrogen (secondary N) is 1. The first-order chi connectivity index (χ1) is 11.1. The lowest BCUT2D eigenvalue weighted by molar-refractivity contribution is 0.102. The summed E-state index contributed by atoms with van der Waals surface area (Å²) < 4.78 is 28.9. The van der Waals surface area contributed by atoms with Crippen LogP contribution in [0.1, 0.15) is 15.9 Å². The number of benzene rings is 1. The quantitative estimate of drug-likeness (QED) is 0.802. The number of hydrogen-bond acceptors (Lipinski definition) is 2. The molecule has 2 aromatic heterocycles. The normalized spacial score (nSPS) is 10.5. The number of hydrogen-bond donors (Lipinski definition) is 1. The third-order valence-electron chi connectivity index (χ3n) is 3.33. The van der Waals surface area contributed by atoms with Gasteiger partial charge in [-0.3, -0.25) is 9.78 Å². The molecule has 1 amide bonds. The van der Waals surface area contributed by atoms with Gasteiger partial charge in [0.05, 0.1) is 24.0 Å². The van der Waals surface area contributed by atoms with E-state index in [0.29, 0.717) is 11.3 Å². The van der Waals surface area contributed by atoms with Gasteiger partial charge in [-0.1, -0.05) is 6.07 Å². The van der Waals surface area contributed by atoms with Crippen molar-refractivity contribution in [1.82, 2.24) is 9.55 Å². The van der Waals surface area contributed by atoms with Crippen LogP contribution in [0, 0.1) is 11.6 Å². The Labute approximate surface area is 131 Å². The van der Waals surface area contributed by atoms with Crippen molar-refractivity contribution in [3.8, 4) is 0 Å². The van der Waals surface area contributed by atoms with Crippen LogP contribution < -0.4 is 5.32 Å². The Hall–Kier alpha value is -3.02. The van der Waals surface area contributed by atoms with Crippen molar-refractivity contribution in [1.29, 1.82) is 0 Å². The zero-order valence-corrected chi connectivity index (χ0v) is 12.0. The number of carbonyl (C=O) groups excluding carboxylic acids is 1. The number of pyridine rings is 1. The van der Waals surface area contributed by atoms with E-state index in [-0.39, 0.29) is 18.0 Å². The molecule has 0 saturated carbocycles. The molecule has 1 N–H and O–H groups in total. The second-order valence-electron chi connectivity index (χ2n) is 4.97. The molecular weight excluding hydrogens is 300 g/mol. The van der Waals surface area contributed by atoms with E-state index in [0.717, 1.165) is 0 Å². The lowest BCUT2D eigenvalue weighted by atomic mass is 10.2. The first-order valence-electron chi connectivity index (χ1n) is 6.93. The molecule has 4 nitrogen and oxygen atoms in total. The van der Waals surface area contributed by atoms with Gasteiger partial charge in [0.15, 0.2) is 0 Å². The smallest absolute Gasteiger partial charge is 0.257 e. The largest absolute Gasteiger partial charge is 0.349 e. The molecule has 0 unspecified atom stereocenters. The maximum Gasteiger partial charge on any atom is 0.257 e. The average Bonchev–Trinajstić information content (AvgIpc) is 3.01. The van der Waals surface area contributed by atoms with Gasteiger partial charge in [0.25, 0.3) is 5.91 Å². The Morgan fingerprint density at radius 1 is 1.13 bits per heavy atom. The maximum atomic E-state index is 13.6. The Balaban J connectivity index is 1.74. The Morgan fingerprint density at radius 2 is 1.91 bits per heavy atom. The van der Waals surface area contributed by atoms with E-state index in [1.54, 1.807) is 35.2 Å². The average molecular weight is 313 g/mol. The third kappa shape index (κ3) is 3.42. The molecule has 23 heavy (non-hydrogen) atoms. The van der Waals surface area contributed by atoms with Crippen molar-refractivity contribution < 1.29 is 13.6 Å². The molecule has 0 spiro atoms. The van der Waals surface area contributed by atoms with E-state index in [2.05, 4.69) is 10.3 Å². The molecule has 6 heteroatoms. The van der Waals surface area contributed by atoms with E-state index in [9.17, 15) is 13.6 Å². The molecule has 1 aromatic carbocycles. The molecule has 0 fully saturated rings. The summed E-state index contributed by atoms with van der Waals surface area (Å²) in [6.07, 6.45) is 6.28. The van der Waals surface area contributed by atoms with Crippen LogP contribution in [0.5, 0.6) is 0 Å². The van der Waals surface area contributed by atoms with Gasteiger partial charge in [0, 0.05) is 24.2 Å². The lowest BCUT2D eigenvalue weighted by Gasteiger charge is -2.06. The van der Waals surface area contributed by atoms with E-state index < -0.39 is 11.6 Å². The van der Waals surface area contributed by atoms with Crippen LogP contribution in [-0.2, 0) is 6.54 Å². The van der Waals surface area contributed by atoms with Gasteiger partial charge in [-0.25, -0.2) is 8.78 Å². The minimum atomic E-state index is -0.611. The SMILES string of the molecule is O=C(Nc1cccnc1)c1ccn(Cc2c(F)cccc2F)c1. The zero-order valence-electron chi connectivity index (χ0n) is 12.0. The van der Waals surface area contributed by atoms with Gasteiger partial charge in [-0.15, -0.1) is 0 Å². The molecular formula is C17H13F2N3O. The number of aromatic nitrogens is 2. The van der Waals surface area contributed by atoms with Crippen LogP contribution in [-0.4, -0.2) is 15.5 Å². The number of nitrogens with zero attached hydrogens (tertiary/aromatic N) is 2. The molecule has 0 aliphatic rings. The molecule has 2 heterocycles. The van der Waals surface area contributed by atoms with Crippen LogP contribution in [0.25, 0.3) is 0 Å². The van der Waals surface area contributed by atoms with Gasteiger partial charge >= 0.3 is 0 Å². The fourth-order valence-corrected chi connectivity index (χ4v) is 2.18. The highest BCUT2D eigenvalue weighted by atomic mass is 19.1. The first-order valence-corrected chi connectivity index (χ1v) is 6.93. The molecule has 0 radical (unpaired) electrons. The number of rotatable bonds is 4. The Morgan fingerprint density at radius 3 is 2.61 bits per heavy atom. The van der Waals surface area contributed by atoms with E-state index in [1.165, 1.54) is 30.6 Å². The summed E-state index contributed by atoms with van der Waals surface area (Å²) in [6.45, 7) is 0.0126. The molecule has 116 valence electrons. The summed E-state index contributed by atoms with van der Waals surface area (Å²) in [5, 5.41) is 2.70. The topological polar surface area (TPSA) is 46.9 Å². The van der Waals surface area contributed by atoms with Gasteiger partial charge in [0.1, 0.15) is 11.6 Å². The molecule has 0 saturated heterocycles. The van der Waals surface area contributed by atoms with E-state index in [1.807, 2.05) is 0 Å². The minimum absolute atomic E-state index is 0.0126. The molecule has 3 rings (SSSR count). The van der Waals surface area contributed by atoms with Crippen molar-refractivity contribution in [2.75, 3.05) is 5.32 Å². The van der Waals surface area contributed by atoms with Crippen molar-refractivity contribution in [2.24, 2.45) is 0 Å². The minimum Gasteiger partial charge on any atom is -0.349 e. The predicted molar refractivity (Wildman–Crippen MR) is 82.1 cm³/mol. The molecule has 0 aliphatic carbocycles. The fraction of sp³-hybridized carbons (Fsp3) is 0.0588. The highest BCUT2D eigenvalue weighted by molar-refractivity contribution is 6.04. The fourth-order valence-electron chi connectivity index (χ4n) is 2.18. The second kappa shape index (κ2) is 6.39. The number of amides is 1. The standard InChI is InChI=1S/C17H13F2N3O/c18-15-4-1-5-16(19)14(15)11-22-8-6-12(10-22)17(23)21-13-3-2-7-20-9-13/h1-10H,11H2,(H,21,23). The highest BCUT2D eigenvalue weighted by Crippen LogP contribution is 2.15. The van der Waals surface area contributed by atoms with Crippen molar-refractivity contribution in [2.45, 2.75) is 6.54 Å². The van der Waals surface area contributed by atoms with Crippen LogP contribution in [0.15, 0.2) is 61.2 Å². The van der Waals surface area contributed by atoms with Crippen LogP contribution in [0.4, 0.5) is 14.5 Å². The van der Waals surface area contributed by atoms with E-state index in [4.69, 9.17) is 0 Å². The third-order valence-corrected chi connectivity index (χ3v) is 3.33. The number of carbonyl (C=O) groups is 1. The monoisotopic (exact) mass is 313 g/mol. The summed E-state index contributed by atoms with van der Waals surface area (Å²) in [6, 6.07) is 8.75. The van der Waals surface area contributed by atoms with Crippen LogP contribution >= 0.6 is 0 Å². The molecule has 0 bridgehead atoms. The maximum absolute atomic E-state index is 13.6. The van der Waals surface area contributed by atoms with Gasteiger partial charge in [-0.05, 0) is 30.3 Å². The molecule has 3 aromatic rings. The highest BCUT2D eigenvalue weighted by Gasteiger charge is 2.11. The lowest BCUT2D eigenvalue weighted by Crippen LogP contribution is -2.11. The van der Waals surface area contributed by atoms with Gasteiger partial charge in [0.2, 0.25) is 0 Å². The van der Waals surface area contributed by atoms with Crippen LogP contribution in [0.2, 0.25) is 0 Å².